The highest BCUT2D eigenvalue weighted by atomic mass is 35.5. The molecule has 0 radical (unpaired) electrons. The van der Waals surface area contributed by atoms with Crippen LogP contribution in [-0.4, -0.2) is 25.7 Å². The molecule has 0 amide bonds. The lowest BCUT2D eigenvalue weighted by molar-refractivity contribution is 0.103. The second kappa shape index (κ2) is 6.07. The van der Waals surface area contributed by atoms with E-state index in [0.29, 0.717) is 22.5 Å². The number of fused-ring (bicyclic) bond motifs is 4. The molecule has 0 bridgehead atoms. The van der Waals surface area contributed by atoms with E-state index in [1.807, 2.05) is 6.92 Å². The van der Waals surface area contributed by atoms with Crippen molar-refractivity contribution in [1.82, 2.24) is 4.98 Å². The van der Waals surface area contributed by atoms with Gasteiger partial charge in [0.15, 0.2) is 5.78 Å². The van der Waals surface area contributed by atoms with E-state index in [4.69, 9.17) is 11.6 Å². The molecule has 0 saturated carbocycles. The van der Waals surface area contributed by atoms with Crippen LogP contribution in [0.2, 0.25) is 5.02 Å². The molecule has 5 nitrogen and oxygen atoms in total. The number of aromatic nitrogens is 1. The van der Waals surface area contributed by atoms with Crippen molar-refractivity contribution in [3.63, 3.8) is 0 Å². The first kappa shape index (κ1) is 17.0. The number of benzene rings is 2. The van der Waals surface area contributed by atoms with Crippen LogP contribution in [0.5, 0.6) is 0 Å². The predicted molar refractivity (Wildman–Crippen MR) is 101 cm³/mol. The zero-order valence-electron chi connectivity index (χ0n) is 13.9. The maximum absolute atomic E-state index is 13.3. The Labute approximate surface area is 155 Å². The number of halogens is 1. The lowest BCUT2D eigenvalue weighted by atomic mass is 9.98. The van der Waals surface area contributed by atoms with Crippen molar-refractivity contribution in [2.45, 2.75) is 23.1 Å². The topological polar surface area (TPSA) is 76.1 Å². The van der Waals surface area contributed by atoms with Gasteiger partial charge < -0.3 is 5.32 Å². The molecule has 0 spiro atoms. The first-order chi connectivity index (χ1) is 12.4. The third-order valence-corrected chi connectivity index (χ3v) is 6.47. The van der Waals surface area contributed by atoms with Gasteiger partial charge in [0.25, 0.3) is 0 Å². The molecule has 1 aliphatic rings. The first-order valence-corrected chi connectivity index (χ1v) is 10.1. The molecule has 0 aliphatic carbocycles. The second-order valence-electron chi connectivity index (χ2n) is 6.08. The van der Waals surface area contributed by atoms with Crippen molar-refractivity contribution in [1.29, 1.82) is 0 Å². The molecule has 0 fully saturated rings. The van der Waals surface area contributed by atoms with Crippen molar-refractivity contribution in [3.05, 3.63) is 58.6 Å². The number of rotatable bonds is 3. The molecule has 0 atom stereocenters. The zero-order chi connectivity index (χ0) is 18.5. The summed E-state index contributed by atoms with van der Waals surface area (Å²) in [6, 6.07) is 11.3. The molecule has 2 heterocycles. The first-order valence-electron chi connectivity index (χ1n) is 8.21. The molecule has 7 heteroatoms. The summed E-state index contributed by atoms with van der Waals surface area (Å²) in [5, 5.41) is 3.90. The fourth-order valence-corrected chi connectivity index (χ4v) is 5.13. The van der Waals surface area contributed by atoms with E-state index in [2.05, 4.69) is 10.3 Å². The average molecular weight is 387 g/mol. The lowest BCUT2D eigenvalue weighted by Gasteiger charge is -2.23. The van der Waals surface area contributed by atoms with Crippen LogP contribution in [0.1, 0.15) is 29.3 Å². The van der Waals surface area contributed by atoms with Crippen molar-refractivity contribution in [2.75, 3.05) is 11.9 Å². The van der Waals surface area contributed by atoms with Gasteiger partial charge in [-0.25, -0.2) is 13.4 Å². The molecular weight excluding hydrogens is 372 g/mol. The van der Waals surface area contributed by atoms with E-state index in [1.165, 1.54) is 18.2 Å². The minimum atomic E-state index is -3.91. The minimum Gasteiger partial charge on any atom is -0.369 e. The molecule has 3 aromatic rings. The van der Waals surface area contributed by atoms with Crippen LogP contribution in [-0.2, 0) is 9.84 Å². The fraction of sp³-hybridized carbons (Fsp3) is 0.158. The Bertz CT molecular complexity index is 1170. The molecule has 132 valence electrons. The molecular formula is C19H15ClN2O3S. The summed E-state index contributed by atoms with van der Waals surface area (Å²) >= 11 is 6.01. The highest BCUT2D eigenvalue weighted by molar-refractivity contribution is 7.92. The summed E-state index contributed by atoms with van der Waals surface area (Å²) in [4.78, 5) is 17.6. The van der Waals surface area contributed by atoms with Gasteiger partial charge >= 0.3 is 0 Å². The van der Waals surface area contributed by atoms with Gasteiger partial charge in [-0.05, 0) is 30.7 Å². The number of nitrogens with zero attached hydrogens (tertiary/aromatic N) is 1. The van der Waals surface area contributed by atoms with Crippen LogP contribution < -0.4 is 5.32 Å². The van der Waals surface area contributed by atoms with E-state index in [0.717, 1.165) is 6.42 Å². The van der Waals surface area contributed by atoms with Crippen molar-refractivity contribution in [2.24, 2.45) is 0 Å². The van der Waals surface area contributed by atoms with Crippen LogP contribution in [0.4, 0.5) is 5.82 Å². The number of nitrogens with one attached hydrogen (secondary N) is 1. The van der Waals surface area contributed by atoms with Crippen LogP contribution >= 0.6 is 11.6 Å². The Morgan fingerprint density at radius 3 is 2.69 bits per heavy atom. The number of para-hydroxylation sites is 1. The molecule has 1 N–H and O–H groups in total. The standard InChI is InChI=1S/C19H15ClN2O3S/c1-2-9-21-19-18-16(12-5-3-4-6-14(12)22-19)17(23)13-10-11(20)7-8-15(13)26(18,24)25/h3-8,10H,2,9H2,1H3,(H,21,22). The summed E-state index contributed by atoms with van der Waals surface area (Å²) in [5.74, 6) is -0.139. The normalized spacial score (nSPS) is 14.8. The lowest BCUT2D eigenvalue weighted by Crippen LogP contribution is -2.23. The summed E-state index contributed by atoms with van der Waals surface area (Å²) in [7, 11) is -3.91. The van der Waals surface area contributed by atoms with E-state index < -0.39 is 9.84 Å². The summed E-state index contributed by atoms with van der Waals surface area (Å²) in [6.07, 6.45) is 0.795. The van der Waals surface area contributed by atoms with Gasteiger partial charge in [-0.1, -0.05) is 36.7 Å². The van der Waals surface area contributed by atoms with Crippen LogP contribution in [0.25, 0.3) is 10.9 Å². The number of carbonyl (C=O) groups excluding carboxylic acids is 1. The largest absolute Gasteiger partial charge is 0.369 e. The van der Waals surface area contributed by atoms with Gasteiger partial charge in [0.1, 0.15) is 10.7 Å². The van der Waals surface area contributed by atoms with Gasteiger partial charge in [0.05, 0.1) is 16.0 Å². The van der Waals surface area contributed by atoms with Crippen LogP contribution in [0, 0.1) is 0 Å². The highest BCUT2D eigenvalue weighted by Crippen LogP contribution is 2.41. The Morgan fingerprint density at radius 1 is 1.15 bits per heavy atom. The number of pyridine rings is 1. The number of anilines is 1. The molecule has 2 aromatic carbocycles. The van der Waals surface area contributed by atoms with Gasteiger partial charge in [0, 0.05) is 22.5 Å². The smallest absolute Gasteiger partial charge is 0.211 e. The van der Waals surface area contributed by atoms with Crippen molar-refractivity contribution < 1.29 is 13.2 Å². The van der Waals surface area contributed by atoms with E-state index in [9.17, 15) is 13.2 Å². The third kappa shape index (κ3) is 2.40. The molecule has 1 aromatic heterocycles. The zero-order valence-corrected chi connectivity index (χ0v) is 15.5. The second-order valence-corrected chi connectivity index (χ2v) is 8.37. The molecule has 0 saturated heterocycles. The Kier molecular flexibility index (Phi) is 3.97. The van der Waals surface area contributed by atoms with Crippen LogP contribution in [0.3, 0.4) is 0 Å². The summed E-state index contributed by atoms with van der Waals surface area (Å²) in [5.41, 5.74) is 0.825. The predicted octanol–water partition coefficient (Wildman–Crippen LogP) is 4.09. The number of carbonyl (C=O) groups is 1. The third-order valence-electron chi connectivity index (χ3n) is 4.36. The molecule has 1 aliphatic heterocycles. The number of sulfone groups is 1. The number of hydrogen-bond acceptors (Lipinski definition) is 5. The van der Waals surface area contributed by atoms with Crippen molar-refractivity contribution in [3.8, 4) is 0 Å². The maximum atomic E-state index is 13.3. The van der Waals surface area contributed by atoms with Gasteiger partial charge in [-0.2, -0.15) is 0 Å². The van der Waals surface area contributed by atoms with Crippen LogP contribution in [0.15, 0.2) is 52.3 Å². The molecule has 4 rings (SSSR count). The van der Waals surface area contributed by atoms with Gasteiger partial charge in [-0.15, -0.1) is 0 Å². The molecule has 0 unspecified atom stereocenters. The number of hydrogen-bond donors (Lipinski definition) is 1. The average Bonchev–Trinajstić information content (AvgIpc) is 2.63. The summed E-state index contributed by atoms with van der Waals surface area (Å²) in [6.45, 7) is 2.52. The minimum absolute atomic E-state index is 0.0315. The summed E-state index contributed by atoms with van der Waals surface area (Å²) < 4.78 is 26.6. The highest BCUT2D eigenvalue weighted by Gasteiger charge is 2.39. The van der Waals surface area contributed by atoms with E-state index in [1.54, 1.807) is 24.3 Å². The van der Waals surface area contributed by atoms with E-state index >= 15 is 0 Å². The Hall–Kier alpha value is -2.44. The quantitative estimate of drug-likeness (QED) is 0.574. The molecule has 26 heavy (non-hydrogen) atoms. The Balaban J connectivity index is 2.14. The maximum Gasteiger partial charge on any atom is 0.211 e. The van der Waals surface area contributed by atoms with Gasteiger partial charge in [-0.3, -0.25) is 4.79 Å². The van der Waals surface area contributed by atoms with Gasteiger partial charge in [0.2, 0.25) is 9.84 Å². The fourth-order valence-electron chi connectivity index (χ4n) is 3.20. The Morgan fingerprint density at radius 2 is 1.92 bits per heavy atom. The monoisotopic (exact) mass is 386 g/mol. The van der Waals surface area contributed by atoms with Crippen molar-refractivity contribution >= 4 is 43.9 Å². The SMILES string of the molecule is CCCNc1nc2ccccc2c2c1S(=O)(=O)c1ccc(Cl)cc1C2=O. The van der Waals surface area contributed by atoms with E-state index in [-0.39, 0.29) is 32.5 Å². The number of ketones is 1.